The van der Waals surface area contributed by atoms with Crippen LogP contribution in [0.4, 0.5) is 13.2 Å². The zero-order chi connectivity index (χ0) is 21.2. The minimum absolute atomic E-state index is 0.201. The zero-order valence-electron chi connectivity index (χ0n) is 16.4. The number of aryl methyl sites for hydroxylation is 2. The topological polar surface area (TPSA) is 56.5 Å². The summed E-state index contributed by atoms with van der Waals surface area (Å²) in [7, 11) is 0. The average molecular weight is 440 g/mol. The number of nitrogens with zero attached hydrogens (tertiary/aromatic N) is 5. The maximum absolute atomic E-state index is 13.2. The number of benzene rings is 1. The predicted molar refractivity (Wildman–Crippen MR) is 108 cm³/mol. The van der Waals surface area contributed by atoms with E-state index in [-0.39, 0.29) is 5.25 Å². The fourth-order valence-corrected chi connectivity index (χ4v) is 4.34. The van der Waals surface area contributed by atoms with Gasteiger partial charge in [0, 0.05) is 16.6 Å². The lowest BCUT2D eigenvalue weighted by Gasteiger charge is -2.13. The van der Waals surface area contributed by atoms with Gasteiger partial charge in [-0.25, -0.2) is 9.97 Å². The minimum Gasteiger partial charge on any atom is -0.273 e. The summed E-state index contributed by atoms with van der Waals surface area (Å²) in [6.07, 6.45) is -4.42. The second kappa shape index (κ2) is 8.74. The van der Waals surface area contributed by atoms with Crippen molar-refractivity contribution in [3.8, 4) is 5.69 Å². The molecule has 154 valence electrons. The Kier molecular flexibility index (Phi) is 6.52. The van der Waals surface area contributed by atoms with Crippen molar-refractivity contribution >= 4 is 23.5 Å². The fraction of sp³-hybridized carbons (Fsp3) is 0.368. The van der Waals surface area contributed by atoms with E-state index in [2.05, 4.69) is 20.2 Å². The summed E-state index contributed by atoms with van der Waals surface area (Å²) in [4.78, 5) is 8.79. The Morgan fingerprint density at radius 3 is 2.34 bits per heavy atom. The lowest BCUT2D eigenvalue weighted by atomic mass is 10.2. The largest absolute Gasteiger partial charge is 0.416 e. The van der Waals surface area contributed by atoms with Crippen LogP contribution in [0.2, 0.25) is 0 Å². The average Bonchev–Trinajstić information content (AvgIpc) is 3.00. The molecule has 2 heterocycles. The summed E-state index contributed by atoms with van der Waals surface area (Å²) in [5.74, 6) is 0.922. The number of hydrogen-bond acceptors (Lipinski definition) is 6. The Bertz CT molecular complexity index is 981. The number of rotatable bonds is 6. The van der Waals surface area contributed by atoms with Crippen LogP contribution in [0.15, 0.2) is 40.6 Å². The van der Waals surface area contributed by atoms with Gasteiger partial charge in [0.15, 0.2) is 10.3 Å². The molecule has 0 saturated heterocycles. The van der Waals surface area contributed by atoms with Gasteiger partial charge in [0.05, 0.1) is 17.0 Å². The third-order valence-electron chi connectivity index (χ3n) is 3.77. The number of hydrogen-bond donors (Lipinski definition) is 0. The van der Waals surface area contributed by atoms with Crippen LogP contribution >= 0.6 is 23.5 Å². The van der Waals surface area contributed by atoms with Crippen LogP contribution in [0.5, 0.6) is 0 Å². The normalized spacial score (nSPS) is 12.0. The predicted octanol–water partition coefficient (Wildman–Crippen LogP) is 5.49. The van der Waals surface area contributed by atoms with E-state index in [1.54, 1.807) is 10.6 Å². The maximum atomic E-state index is 13.2. The van der Waals surface area contributed by atoms with E-state index in [4.69, 9.17) is 0 Å². The van der Waals surface area contributed by atoms with Crippen LogP contribution in [-0.2, 0) is 11.9 Å². The van der Waals surface area contributed by atoms with Gasteiger partial charge in [-0.2, -0.15) is 13.2 Å². The number of alkyl halides is 3. The smallest absolute Gasteiger partial charge is 0.273 e. The minimum atomic E-state index is -4.42. The third-order valence-corrected chi connectivity index (χ3v) is 5.56. The van der Waals surface area contributed by atoms with Crippen molar-refractivity contribution < 1.29 is 13.2 Å². The molecule has 29 heavy (non-hydrogen) atoms. The number of thioether (sulfide) groups is 2. The van der Waals surface area contributed by atoms with Crippen molar-refractivity contribution in [3.63, 3.8) is 0 Å². The molecule has 0 aliphatic rings. The molecule has 0 bridgehead atoms. The lowest BCUT2D eigenvalue weighted by molar-refractivity contribution is -0.137. The SMILES string of the molecule is Cc1cc(C)nc(SCc2nnc(SC(C)C)n2-c2cccc(C(F)(F)F)c2)n1. The molecule has 0 spiro atoms. The van der Waals surface area contributed by atoms with E-state index >= 15 is 0 Å². The van der Waals surface area contributed by atoms with Crippen molar-refractivity contribution in [2.75, 3.05) is 0 Å². The Balaban J connectivity index is 1.97. The van der Waals surface area contributed by atoms with Crippen molar-refractivity contribution in [1.29, 1.82) is 0 Å². The Hall–Kier alpha value is -2.07. The van der Waals surface area contributed by atoms with Crippen LogP contribution in [-0.4, -0.2) is 30.0 Å². The van der Waals surface area contributed by atoms with Gasteiger partial charge in [-0.05, 0) is 38.1 Å². The Morgan fingerprint density at radius 2 is 1.72 bits per heavy atom. The molecular weight excluding hydrogens is 419 g/mol. The van der Waals surface area contributed by atoms with Gasteiger partial charge < -0.3 is 0 Å². The molecule has 0 aliphatic heterocycles. The molecule has 0 aliphatic carbocycles. The molecule has 5 nitrogen and oxygen atoms in total. The van der Waals surface area contributed by atoms with Gasteiger partial charge in [-0.3, -0.25) is 4.57 Å². The first-order valence-electron chi connectivity index (χ1n) is 8.87. The van der Waals surface area contributed by atoms with E-state index < -0.39 is 11.7 Å². The Morgan fingerprint density at radius 1 is 1.03 bits per heavy atom. The highest BCUT2D eigenvalue weighted by atomic mass is 32.2. The lowest BCUT2D eigenvalue weighted by Crippen LogP contribution is -2.08. The molecule has 1 aromatic carbocycles. The molecule has 0 unspecified atom stereocenters. The summed E-state index contributed by atoms with van der Waals surface area (Å²) in [6.45, 7) is 7.77. The van der Waals surface area contributed by atoms with Crippen LogP contribution in [0.1, 0.15) is 36.6 Å². The summed E-state index contributed by atoms with van der Waals surface area (Å²) in [5.41, 5.74) is 1.39. The molecule has 3 aromatic rings. The maximum Gasteiger partial charge on any atom is 0.416 e. The van der Waals surface area contributed by atoms with Crippen molar-refractivity contribution in [2.45, 2.75) is 55.2 Å². The highest BCUT2D eigenvalue weighted by Gasteiger charge is 2.31. The van der Waals surface area contributed by atoms with Crippen LogP contribution < -0.4 is 0 Å². The van der Waals surface area contributed by atoms with E-state index in [9.17, 15) is 13.2 Å². The van der Waals surface area contributed by atoms with E-state index in [0.29, 0.717) is 27.6 Å². The van der Waals surface area contributed by atoms with Gasteiger partial charge in [-0.1, -0.05) is 43.4 Å². The number of halogens is 3. The highest BCUT2D eigenvalue weighted by molar-refractivity contribution is 7.99. The highest BCUT2D eigenvalue weighted by Crippen LogP contribution is 2.33. The van der Waals surface area contributed by atoms with Gasteiger partial charge in [0.1, 0.15) is 5.82 Å². The molecule has 2 aromatic heterocycles. The first kappa shape index (κ1) is 21.6. The van der Waals surface area contributed by atoms with Gasteiger partial charge in [-0.15, -0.1) is 10.2 Å². The molecule has 0 fully saturated rings. The van der Waals surface area contributed by atoms with E-state index in [1.165, 1.54) is 29.6 Å². The zero-order valence-corrected chi connectivity index (χ0v) is 18.0. The summed E-state index contributed by atoms with van der Waals surface area (Å²) in [6, 6.07) is 7.08. The molecule has 10 heteroatoms. The monoisotopic (exact) mass is 439 g/mol. The molecule has 3 rings (SSSR count). The summed E-state index contributed by atoms with van der Waals surface area (Å²) >= 11 is 2.82. The van der Waals surface area contributed by atoms with Crippen LogP contribution in [0.3, 0.4) is 0 Å². The first-order valence-corrected chi connectivity index (χ1v) is 10.7. The summed E-state index contributed by atoms with van der Waals surface area (Å²) in [5, 5.41) is 9.79. The second-order valence-electron chi connectivity index (χ2n) is 6.67. The van der Waals surface area contributed by atoms with Crippen molar-refractivity contribution in [1.82, 2.24) is 24.7 Å². The van der Waals surface area contributed by atoms with Gasteiger partial charge in [0.25, 0.3) is 0 Å². The molecule has 0 N–H and O–H groups in total. The standard InChI is InChI=1S/C19H20F3N5S2/c1-11(2)29-18-26-25-16(10-28-17-23-12(3)8-13(4)24-17)27(18)15-7-5-6-14(9-15)19(20,21)22/h5-9,11H,10H2,1-4H3. The molecule has 0 atom stereocenters. The second-order valence-corrected chi connectivity index (χ2v) is 9.16. The number of aromatic nitrogens is 5. The third kappa shape index (κ3) is 5.51. The van der Waals surface area contributed by atoms with Gasteiger partial charge >= 0.3 is 6.18 Å². The summed E-state index contributed by atoms with van der Waals surface area (Å²) < 4.78 is 41.3. The first-order chi connectivity index (χ1) is 13.6. The molecule has 0 amide bonds. The van der Waals surface area contributed by atoms with E-state index in [0.717, 1.165) is 23.5 Å². The van der Waals surface area contributed by atoms with Crippen LogP contribution in [0.25, 0.3) is 5.69 Å². The fourth-order valence-electron chi connectivity index (χ4n) is 2.65. The molecule has 0 saturated carbocycles. The van der Waals surface area contributed by atoms with Crippen LogP contribution in [0, 0.1) is 13.8 Å². The van der Waals surface area contributed by atoms with E-state index in [1.807, 2.05) is 33.8 Å². The van der Waals surface area contributed by atoms with Crippen molar-refractivity contribution in [2.24, 2.45) is 0 Å². The van der Waals surface area contributed by atoms with Crippen molar-refractivity contribution in [3.05, 3.63) is 53.1 Å². The quantitative estimate of drug-likeness (QED) is 0.374. The Labute approximate surface area is 175 Å². The van der Waals surface area contributed by atoms with Gasteiger partial charge in [0.2, 0.25) is 0 Å². The molecular formula is C19H20F3N5S2. The molecule has 0 radical (unpaired) electrons.